The first-order valence-corrected chi connectivity index (χ1v) is 5.75. The van der Waals surface area contributed by atoms with Crippen LogP contribution >= 0.6 is 11.3 Å². The van der Waals surface area contributed by atoms with Crippen molar-refractivity contribution in [3.8, 4) is 0 Å². The molecule has 0 saturated heterocycles. The molecule has 2 aromatic heterocycles. The fourth-order valence-electron chi connectivity index (χ4n) is 1.46. The van der Waals surface area contributed by atoms with Crippen LogP contribution in [0.4, 0.5) is 0 Å². The van der Waals surface area contributed by atoms with Crippen LogP contribution in [0.15, 0.2) is 22.1 Å². The van der Waals surface area contributed by atoms with Crippen molar-refractivity contribution in [2.75, 3.05) is 0 Å². The summed E-state index contributed by atoms with van der Waals surface area (Å²) in [6, 6.07) is 1.96. The molecule has 0 spiro atoms. The summed E-state index contributed by atoms with van der Waals surface area (Å²) in [7, 11) is 0. The standard InChI is InChI=1S/C11H14N2OS/c1-7-6-15-11(13-7)4-10(12)9-3-8(2)14-5-9/h3,5-6,10H,4,12H2,1-2H3. The van der Waals surface area contributed by atoms with Crippen LogP contribution in [0.1, 0.15) is 28.1 Å². The van der Waals surface area contributed by atoms with Crippen LogP contribution in [0.3, 0.4) is 0 Å². The molecule has 2 heterocycles. The minimum Gasteiger partial charge on any atom is -0.469 e. The van der Waals surface area contributed by atoms with Gasteiger partial charge in [-0.1, -0.05) is 0 Å². The summed E-state index contributed by atoms with van der Waals surface area (Å²) in [5.41, 5.74) is 8.16. The van der Waals surface area contributed by atoms with Gasteiger partial charge in [0.15, 0.2) is 0 Å². The van der Waals surface area contributed by atoms with Crippen LogP contribution in [-0.2, 0) is 6.42 Å². The van der Waals surface area contributed by atoms with Gasteiger partial charge in [-0.25, -0.2) is 4.98 Å². The van der Waals surface area contributed by atoms with Crippen LogP contribution in [0.2, 0.25) is 0 Å². The van der Waals surface area contributed by atoms with Crippen molar-refractivity contribution in [3.05, 3.63) is 39.7 Å². The van der Waals surface area contributed by atoms with Gasteiger partial charge in [0.2, 0.25) is 0 Å². The van der Waals surface area contributed by atoms with E-state index >= 15 is 0 Å². The first kappa shape index (κ1) is 10.4. The van der Waals surface area contributed by atoms with E-state index in [4.69, 9.17) is 10.2 Å². The summed E-state index contributed by atoms with van der Waals surface area (Å²) >= 11 is 1.66. The molecular formula is C11H14N2OS. The van der Waals surface area contributed by atoms with E-state index in [-0.39, 0.29) is 6.04 Å². The summed E-state index contributed by atoms with van der Waals surface area (Å²) in [5.74, 6) is 0.899. The predicted molar refractivity (Wildman–Crippen MR) is 60.9 cm³/mol. The normalized spacial score (nSPS) is 13.0. The second-order valence-corrected chi connectivity index (χ2v) is 4.63. The summed E-state index contributed by atoms with van der Waals surface area (Å²) < 4.78 is 5.23. The van der Waals surface area contributed by atoms with E-state index in [1.807, 2.05) is 25.3 Å². The van der Waals surface area contributed by atoms with Crippen molar-refractivity contribution in [1.82, 2.24) is 4.98 Å². The highest BCUT2D eigenvalue weighted by Crippen LogP contribution is 2.20. The van der Waals surface area contributed by atoms with Crippen molar-refractivity contribution in [2.45, 2.75) is 26.3 Å². The zero-order chi connectivity index (χ0) is 10.8. The van der Waals surface area contributed by atoms with Crippen LogP contribution in [0.5, 0.6) is 0 Å². The van der Waals surface area contributed by atoms with E-state index < -0.39 is 0 Å². The van der Waals surface area contributed by atoms with Crippen LogP contribution in [0, 0.1) is 13.8 Å². The Balaban J connectivity index is 2.06. The molecule has 15 heavy (non-hydrogen) atoms. The Morgan fingerprint density at radius 1 is 1.53 bits per heavy atom. The smallest absolute Gasteiger partial charge is 0.101 e. The van der Waals surface area contributed by atoms with Gasteiger partial charge in [0.05, 0.1) is 11.3 Å². The van der Waals surface area contributed by atoms with Gasteiger partial charge in [0.1, 0.15) is 5.76 Å². The number of aryl methyl sites for hydroxylation is 2. The fraction of sp³-hybridized carbons (Fsp3) is 0.364. The average molecular weight is 222 g/mol. The monoisotopic (exact) mass is 222 g/mol. The Morgan fingerprint density at radius 2 is 2.33 bits per heavy atom. The van der Waals surface area contributed by atoms with Crippen molar-refractivity contribution in [1.29, 1.82) is 0 Å². The molecule has 1 atom stereocenters. The van der Waals surface area contributed by atoms with Gasteiger partial charge < -0.3 is 10.2 Å². The van der Waals surface area contributed by atoms with Gasteiger partial charge in [-0.15, -0.1) is 11.3 Å². The van der Waals surface area contributed by atoms with Gasteiger partial charge in [0.25, 0.3) is 0 Å². The fourth-order valence-corrected chi connectivity index (χ4v) is 2.29. The van der Waals surface area contributed by atoms with Crippen molar-refractivity contribution >= 4 is 11.3 Å². The minimum absolute atomic E-state index is 0.0204. The Morgan fingerprint density at radius 3 is 2.87 bits per heavy atom. The van der Waals surface area contributed by atoms with E-state index in [2.05, 4.69) is 4.98 Å². The second kappa shape index (κ2) is 4.16. The third kappa shape index (κ3) is 2.46. The summed E-state index contributed by atoms with van der Waals surface area (Å²) in [6.07, 6.45) is 2.50. The highest BCUT2D eigenvalue weighted by molar-refractivity contribution is 7.09. The predicted octanol–water partition coefficient (Wildman–Crippen LogP) is 2.60. The maximum Gasteiger partial charge on any atom is 0.101 e. The molecule has 0 aliphatic carbocycles. The molecule has 0 amide bonds. The largest absolute Gasteiger partial charge is 0.469 e. The number of thiazole rings is 1. The molecule has 0 radical (unpaired) electrons. The maximum absolute atomic E-state index is 6.06. The number of rotatable bonds is 3. The quantitative estimate of drug-likeness (QED) is 0.868. The third-order valence-corrected chi connectivity index (χ3v) is 3.23. The Hall–Kier alpha value is -1.13. The first-order chi connectivity index (χ1) is 7.15. The number of hydrogen-bond acceptors (Lipinski definition) is 4. The average Bonchev–Trinajstić information content (AvgIpc) is 2.75. The lowest BCUT2D eigenvalue weighted by Crippen LogP contribution is -2.12. The van der Waals surface area contributed by atoms with E-state index in [0.29, 0.717) is 0 Å². The molecule has 1 unspecified atom stereocenters. The third-order valence-electron chi connectivity index (χ3n) is 2.24. The van der Waals surface area contributed by atoms with Gasteiger partial charge >= 0.3 is 0 Å². The number of furan rings is 1. The second-order valence-electron chi connectivity index (χ2n) is 3.68. The summed E-state index contributed by atoms with van der Waals surface area (Å²) in [5, 5.41) is 3.13. The lowest BCUT2D eigenvalue weighted by Gasteiger charge is -2.05. The molecule has 2 rings (SSSR count). The zero-order valence-electron chi connectivity index (χ0n) is 8.86. The number of nitrogens with zero attached hydrogens (tertiary/aromatic N) is 1. The zero-order valence-corrected chi connectivity index (χ0v) is 9.67. The SMILES string of the molecule is Cc1csc(CC(N)c2coc(C)c2)n1. The molecule has 2 N–H and O–H groups in total. The number of nitrogens with two attached hydrogens (primary N) is 1. The molecule has 0 saturated carbocycles. The molecule has 0 aromatic carbocycles. The van der Waals surface area contributed by atoms with Gasteiger partial charge in [-0.2, -0.15) is 0 Å². The molecule has 4 heteroatoms. The molecule has 0 aliphatic heterocycles. The number of hydrogen-bond donors (Lipinski definition) is 1. The van der Waals surface area contributed by atoms with Crippen LogP contribution in [0.25, 0.3) is 0 Å². The van der Waals surface area contributed by atoms with E-state index in [1.54, 1.807) is 17.6 Å². The Kier molecular flexibility index (Phi) is 2.88. The van der Waals surface area contributed by atoms with E-state index in [0.717, 1.165) is 28.4 Å². The molecule has 0 bridgehead atoms. The van der Waals surface area contributed by atoms with Gasteiger partial charge in [-0.05, 0) is 19.9 Å². The topological polar surface area (TPSA) is 52.0 Å². The van der Waals surface area contributed by atoms with E-state index in [9.17, 15) is 0 Å². The van der Waals surface area contributed by atoms with Gasteiger partial charge in [-0.3, -0.25) is 0 Å². The molecule has 80 valence electrons. The number of aromatic nitrogens is 1. The lowest BCUT2D eigenvalue weighted by atomic mass is 10.1. The highest BCUT2D eigenvalue weighted by atomic mass is 32.1. The molecule has 3 nitrogen and oxygen atoms in total. The first-order valence-electron chi connectivity index (χ1n) is 4.87. The summed E-state index contributed by atoms with van der Waals surface area (Å²) in [6.45, 7) is 3.91. The van der Waals surface area contributed by atoms with Crippen LogP contribution in [-0.4, -0.2) is 4.98 Å². The lowest BCUT2D eigenvalue weighted by molar-refractivity contribution is 0.528. The molecule has 0 fully saturated rings. The Labute approximate surface area is 92.9 Å². The molecular weight excluding hydrogens is 208 g/mol. The minimum atomic E-state index is -0.0204. The van der Waals surface area contributed by atoms with Crippen molar-refractivity contribution in [3.63, 3.8) is 0 Å². The molecule has 0 aliphatic rings. The summed E-state index contributed by atoms with van der Waals surface area (Å²) in [4.78, 5) is 4.39. The van der Waals surface area contributed by atoms with Crippen molar-refractivity contribution in [2.24, 2.45) is 5.73 Å². The Bertz CT molecular complexity index is 447. The van der Waals surface area contributed by atoms with Crippen molar-refractivity contribution < 1.29 is 4.42 Å². The maximum atomic E-state index is 6.06. The van der Waals surface area contributed by atoms with Crippen LogP contribution < -0.4 is 5.73 Å². The van der Waals surface area contributed by atoms with Gasteiger partial charge in [0, 0.05) is 29.1 Å². The molecule has 2 aromatic rings. The highest BCUT2D eigenvalue weighted by Gasteiger charge is 2.11. The van der Waals surface area contributed by atoms with E-state index in [1.165, 1.54) is 0 Å².